The second-order valence-electron chi connectivity index (χ2n) is 9.81. The summed E-state index contributed by atoms with van der Waals surface area (Å²) < 4.78 is 10.3. The maximum absolute atomic E-state index is 13.8. The number of hydrogen-bond acceptors (Lipinski definition) is 6. The van der Waals surface area contributed by atoms with Crippen molar-refractivity contribution in [1.29, 1.82) is 0 Å². The molecule has 0 saturated heterocycles. The first-order chi connectivity index (χ1) is 16.8. The third kappa shape index (κ3) is 10.1. The quantitative estimate of drug-likeness (QED) is 0.332. The minimum atomic E-state index is -1.01. The molecule has 36 heavy (non-hydrogen) atoms. The van der Waals surface area contributed by atoms with Crippen molar-refractivity contribution in [2.24, 2.45) is 5.92 Å². The van der Waals surface area contributed by atoms with Crippen molar-refractivity contribution >= 4 is 23.9 Å². The molecule has 2 N–H and O–H groups in total. The number of carbonyl (C=O) groups is 4. The Hall–Kier alpha value is -3.36. The molecule has 200 valence electrons. The second-order valence-corrected chi connectivity index (χ2v) is 9.81. The van der Waals surface area contributed by atoms with E-state index in [4.69, 9.17) is 9.47 Å². The number of ether oxygens (including phenoxy) is 2. The highest BCUT2D eigenvalue weighted by Gasteiger charge is 2.37. The van der Waals surface area contributed by atoms with Crippen LogP contribution in [-0.2, 0) is 23.9 Å². The minimum Gasteiger partial charge on any atom is -0.466 e. The summed E-state index contributed by atoms with van der Waals surface area (Å²) in [7, 11) is 0. The number of nitrogens with one attached hydrogen (secondary N) is 2. The van der Waals surface area contributed by atoms with Crippen LogP contribution in [0.3, 0.4) is 0 Å². The molecule has 9 heteroatoms. The van der Waals surface area contributed by atoms with Gasteiger partial charge in [0, 0.05) is 13.1 Å². The molecule has 1 aromatic carbocycles. The van der Waals surface area contributed by atoms with E-state index in [2.05, 4.69) is 17.2 Å². The number of esters is 1. The van der Waals surface area contributed by atoms with Crippen molar-refractivity contribution in [3.8, 4) is 0 Å². The molecule has 0 spiro atoms. The molecule has 0 aliphatic carbocycles. The first-order valence-corrected chi connectivity index (χ1v) is 12.2. The first kappa shape index (κ1) is 30.7. The largest absolute Gasteiger partial charge is 0.466 e. The van der Waals surface area contributed by atoms with Crippen LogP contribution >= 0.6 is 0 Å². The summed E-state index contributed by atoms with van der Waals surface area (Å²) in [5, 5.41) is 5.40. The maximum Gasteiger partial charge on any atom is 0.408 e. The van der Waals surface area contributed by atoms with Crippen molar-refractivity contribution in [2.75, 3.05) is 19.7 Å². The van der Waals surface area contributed by atoms with Gasteiger partial charge in [-0.15, -0.1) is 6.58 Å². The Morgan fingerprint density at radius 1 is 1.11 bits per heavy atom. The van der Waals surface area contributed by atoms with E-state index in [1.807, 2.05) is 19.1 Å². The van der Waals surface area contributed by atoms with Crippen LogP contribution < -0.4 is 10.6 Å². The molecule has 0 aliphatic heterocycles. The SMILES string of the molecule is C=CCN(C(=O)C(NC(=O)OC(C)(C)C)C(C)C)C(C(=O)NCCC(=O)OCC)c1ccc(C)cc1. The molecule has 2 unspecified atom stereocenters. The zero-order chi connectivity index (χ0) is 27.5. The van der Waals surface area contributed by atoms with E-state index >= 15 is 0 Å². The number of aryl methyl sites for hydroxylation is 1. The summed E-state index contributed by atoms with van der Waals surface area (Å²) in [5.41, 5.74) is 0.844. The average molecular weight is 504 g/mol. The highest BCUT2D eigenvalue weighted by Crippen LogP contribution is 2.24. The minimum absolute atomic E-state index is 0.00439. The molecule has 0 aromatic heterocycles. The number of rotatable bonds is 12. The molecule has 1 aromatic rings. The van der Waals surface area contributed by atoms with Gasteiger partial charge in [0.1, 0.15) is 17.7 Å². The fourth-order valence-corrected chi connectivity index (χ4v) is 3.43. The zero-order valence-corrected chi connectivity index (χ0v) is 22.6. The molecule has 1 rings (SSSR count). The number of hydrogen-bond donors (Lipinski definition) is 2. The number of alkyl carbamates (subject to hydrolysis) is 1. The lowest BCUT2D eigenvalue weighted by Crippen LogP contribution is -2.55. The molecule has 0 saturated carbocycles. The van der Waals surface area contributed by atoms with Gasteiger partial charge in [-0.3, -0.25) is 14.4 Å². The third-order valence-electron chi connectivity index (χ3n) is 5.10. The van der Waals surface area contributed by atoms with E-state index < -0.39 is 41.6 Å². The van der Waals surface area contributed by atoms with Crippen LogP contribution in [0.1, 0.15) is 65.1 Å². The number of benzene rings is 1. The van der Waals surface area contributed by atoms with Crippen LogP contribution in [0, 0.1) is 12.8 Å². The Bertz CT molecular complexity index is 905. The maximum atomic E-state index is 13.8. The molecule has 2 atom stereocenters. The molecular weight excluding hydrogens is 462 g/mol. The van der Waals surface area contributed by atoms with Crippen LogP contribution in [0.2, 0.25) is 0 Å². The summed E-state index contributed by atoms with van der Waals surface area (Å²) in [6, 6.07) is 5.30. The van der Waals surface area contributed by atoms with Gasteiger partial charge in [-0.1, -0.05) is 49.8 Å². The zero-order valence-electron chi connectivity index (χ0n) is 22.6. The van der Waals surface area contributed by atoms with E-state index in [0.717, 1.165) is 5.56 Å². The summed E-state index contributed by atoms with van der Waals surface area (Å²) in [5.74, 6) is -1.63. The first-order valence-electron chi connectivity index (χ1n) is 12.2. The Labute approximate surface area is 214 Å². The molecule has 0 bridgehead atoms. The smallest absolute Gasteiger partial charge is 0.408 e. The normalized spacial score (nSPS) is 12.8. The molecular formula is C27H41N3O6. The van der Waals surface area contributed by atoms with Gasteiger partial charge in [-0.25, -0.2) is 4.79 Å². The van der Waals surface area contributed by atoms with Gasteiger partial charge < -0.3 is 25.0 Å². The lowest BCUT2D eigenvalue weighted by Gasteiger charge is -2.35. The highest BCUT2D eigenvalue weighted by molar-refractivity contribution is 5.92. The fourth-order valence-electron chi connectivity index (χ4n) is 3.43. The molecule has 0 fully saturated rings. The van der Waals surface area contributed by atoms with Gasteiger partial charge in [0.15, 0.2) is 0 Å². The van der Waals surface area contributed by atoms with Gasteiger partial charge in [-0.05, 0) is 46.1 Å². The molecule has 3 amide bonds. The Balaban J connectivity index is 3.30. The van der Waals surface area contributed by atoms with Crippen LogP contribution in [0.4, 0.5) is 4.79 Å². The van der Waals surface area contributed by atoms with Gasteiger partial charge in [-0.2, -0.15) is 0 Å². The number of nitrogens with zero attached hydrogens (tertiary/aromatic N) is 1. The summed E-state index contributed by atoms with van der Waals surface area (Å²) in [6.07, 6.45) is 0.805. The Morgan fingerprint density at radius 2 is 1.72 bits per heavy atom. The van der Waals surface area contributed by atoms with Crippen LogP contribution in [-0.4, -0.2) is 60.1 Å². The monoisotopic (exact) mass is 503 g/mol. The lowest BCUT2D eigenvalue weighted by molar-refractivity contribution is -0.144. The van der Waals surface area contributed by atoms with Gasteiger partial charge >= 0.3 is 12.1 Å². The summed E-state index contributed by atoms with van der Waals surface area (Å²) in [6.45, 7) is 16.5. The predicted octanol–water partition coefficient (Wildman–Crippen LogP) is 3.67. The van der Waals surface area contributed by atoms with Crippen molar-refractivity contribution in [3.05, 3.63) is 48.0 Å². The molecule has 9 nitrogen and oxygen atoms in total. The topological polar surface area (TPSA) is 114 Å². The van der Waals surface area contributed by atoms with Crippen molar-refractivity contribution in [1.82, 2.24) is 15.5 Å². The molecule has 0 radical (unpaired) electrons. The van der Waals surface area contributed by atoms with E-state index in [9.17, 15) is 19.2 Å². The van der Waals surface area contributed by atoms with Crippen LogP contribution in [0.25, 0.3) is 0 Å². The van der Waals surface area contributed by atoms with E-state index in [-0.39, 0.29) is 32.0 Å². The van der Waals surface area contributed by atoms with E-state index in [0.29, 0.717) is 5.56 Å². The molecule has 0 heterocycles. The van der Waals surface area contributed by atoms with Gasteiger partial charge in [0.05, 0.1) is 13.0 Å². The summed E-state index contributed by atoms with van der Waals surface area (Å²) >= 11 is 0. The third-order valence-corrected chi connectivity index (χ3v) is 5.10. The molecule has 0 aliphatic rings. The van der Waals surface area contributed by atoms with Gasteiger partial charge in [0.25, 0.3) is 0 Å². The number of amides is 3. The number of carbonyl (C=O) groups excluding carboxylic acids is 4. The van der Waals surface area contributed by atoms with Crippen molar-refractivity contribution in [2.45, 2.75) is 72.6 Å². The van der Waals surface area contributed by atoms with Gasteiger partial charge in [0.2, 0.25) is 11.8 Å². The van der Waals surface area contributed by atoms with Crippen molar-refractivity contribution in [3.63, 3.8) is 0 Å². The summed E-state index contributed by atoms with van der Waals surface area (Å²) in [4.78, 5) is 52.7. The lowest BCUT2D eigenvalue weighted by atomic mass is 9.98. The van der Waals surface area contributed by atoms with E-state index in [1.165, 1.54) is 11.0 Å². The van der Waals surface area contributed by atoms with Crippen LogP contribution in [0.5, 0.6) is 0 Å². The fraction of sp³-hybridized carbons (Fsp3) is 0.556. The standard InChI is InChI=1S/C27H41N3O6/c1-9-17-30(25(33)22(18(3)4)29-26(34)36-27(6,7)8)23(20-13-11-19(5)12-14-20)24(32)28-16-15-21(31)35-10-2/h9,11-14,18,22-23H,1,10,15-17H2,2-8H3,(H,28,32)(H,29,34). The van der Waals surface area contributed by atoms with Crippen LogP contribution in [0.15, 0.2) is 36.9 Å². The van der Waals surface area contributed by atoms with Crippen molar-refractivity contribution < 1.29 is 28.7 Å². The Morgan fingerprint density at radius 3 is 2.22 bits per heavy atom. The highest BCUT2D eigenvalue weighted by atomic mass is 16.6. The predicted molar refractivity (Wildman–Crippen MR) is 138 cm³/mol. The second kappa shape index (κ2) is 14.3. The Kier molecular flexibility index (Phi) is 12.1. The average Bonchev–Trinajstić information content (AvgIpc) is 2.76. The van der Waals surface area contributed by atoms with E-state index in [1.54, 1.807) is 53.7 Å².